The maximum atomic E-state index is 5.77. The fraction of sp³-hybridized carbons (Fsp3) is 0.286. The molecule has 0 fully saturated rings. The molecule has 1 aliphatic heterocycles. The second-order valence-electron chi connectivity index (χ2n) is 4.73. The molecule has 6 nitrogen and oxygen atoms in total. The Labute approximate surface area is 118 Å². The van der Waals surface area contributed by atoms with E-state index in [1.165, 1.54) is 0 Å². The normalized spacial score (nSPS) is 19.5. The van der Waals surface area contributed by atoms with E-state index >= 15 is 0 Å². The van der Waals surface area contributed by atoms with Crippen molar-refractivity contribution in [3.8, 4) is 0 Å². The summed E-state index contributed by atoms with van der Waals surface area (Å²) in [7, 11) is 3.81. The lowest BCUT2D eigenvalue weighted by Crippen LogP contribution is -2.39. The van der Waals surface area contributed by atoms with Gasteiger partial charge in [0.25, 0.3) is 0 Å². The van der Waals surface area contributed by atoms with Crippen molar-refractivity contribution in [2.75, 3.05) is 14.1 Å². The second kappa shape index (κ2) is 5.64. The smallest absolute Gasteiger partial charge is 0.118 e. The van der Waals surface area contributed by atoms with Gasteiger partial charge in [-0.05, 0) is 32.1 Å². The van der Waals surface area contributed by atoms with Gasteiger partial charge in [0, 0.05) is 30.7 Å². The van der Waals surface area contributed by atoms with E-state index in [9.17, 15) is 0 Å². The van der Waals surface area contributed by atoms with Crippen molar-refractivity contribution in [2.24, 2.45) is 5.73 Å². The first-order valence-electron chi connectivity index (χ1n) is 6.39. The number of nitrogens with one attached hydrogen (secondary N) is 2. The fourth-order valence-electron chi connectivity index (χ4n) is 2.14. The van der Waals surface area contributed by atoms with Gasteiger partial charge in [0.2, 0.25) is 0 Å². The molecule has 1 aliphatic rings. The number of hydrogen-bond donors (Lipinski definition) is 3. The zero-order valence-electron chi connectivity index (χ0n) is 12.2. The molecule has 0 amide bonds. The molecule has 6 heteroatoms. The number of nitrogens with zero attached hydrogens (tertiary/aromatic N) is 3. The topological polar surface area (TPSA) is 79.1 Å². The van der Waals surface area contributed by atoms with Crippen LogP contribution in [0.4, 0.5) is 0 Å². The summed E-state index contributed by atoms with van der Waals surface area (Å²) in [4.78, 5) is 0. The molecule has 106 valence electrons. The summed E-state index contributed by atoms with van der Waals surface area (Å²) in [6.07, 6.45) is 5.62. The lowest BCUT2D eigenvalue weighted by atomic mass is 10.2. The zero-order chi connectivity index (χ0) is 14.7. The van der Waals surface area contributed by atoms with Crippen LogP contribution < -0.4 is 27.0 Å². The Morgan fingerprint density at radius 1 is 1.50 bits per heavy atom. The molecule has 0 unspecified atom stereocenters. The van der Waals surface area contributed by atoms with E-state index in [0.29, 0.717) is 5.70 Å². The van der Waals surface area contributed by atoms with E-state index in [1.807, 2.05) is 45.1 Å². The van der Waals surface area contributed by atoms with E-state index in [2.05, 4.69) is 27.0 Å². The summed E-state index contributed by atoms with van der Waals surface area (Å²) >= 11 is 0. The summed E-state index contributed by atoms with van der Waals surface area (Å²) in [5.41, 5.74) is 12.7. The molecule has 2 heterocycles. The second-order valence-corrected chi connectivity index (χ2v) is 4.73. The highest BCUT2D eigenvalue weighted by Gasteiger charge is 2.12. The van der Waals surface area contributed by atoms with Gasteiger partial charge in [0.1, 0.15) is 5.35 Å². The molecule has 1 aromatic rings. The van der Waals surface area contributed by atoms with Crippen molar-refractivity contribution in [1.82, 2.24) is 25.9 Å². The standard InChI is InChI=1S/C14H20N6/c1-9(15)7-12(16-3)14-11(5-6-17-18-14)13-8-10(2)19-20(13)4/h5-8,16,19H,15H2,1-4H3. The van der Waals surface area contributed by atoms with Crippen molar-refractivity contribution in [3.05, 3.63) is 46.4 Å². The van der Waals surface area contributed by atoms with Gasteiger partial charge in [-0.2, -0.15) is 5.10 Å². The number of likely N-dealkylation sites (N-methyl/N-ethyl adjacent to an activating group) is 2. The van der Waals surface area contributed by atoms with Gasteiger partial charge >= 0.3 is 0 Å². The molecule has 0 radical (unpaired) electrons. The summed E-state index contributed by atoms with van der Waals surface area (Å²) in [5, 5.41) is 15.1. The number of rotatable bonds is 2. The van der Waals surface area contributed by atoms with Crippen LogP contribution in [-0.2, 0) is 0 Å². The Hall–Kier alpha value is -2.50. The van der Waals surface area contributed by atoms with Gasteiger partial charge in [0.15, 0.2) is 0 Å². The van der Waals surface area contributed by atoms with E-state index in [-0.39, 0.29) is 0 Å². The quantitative estimate of drug-likeness (QED) is 0.649. The number of allylic oxidation sites excluding steroid dienone is 2. The van der Waals surface area contributed by atoms with E-state index in [1.54, 1.807) is 6.20 Å². The van der Waals surface area contributed by atoms with E-state index in [4.69, 9.17) is 5.73 Å². The van der Waals surface area contributed by atoms with Crippen molar-refractivity contribution < 1.29 is 0 Å². The third-order valence-electron chi connectivity index (χ3n) is 2.95. The van der Waals surface area contributed by atoms with Crippen molar-refractivity contribution in [1.29, 1.82) is 0 Å². The summed E-state index contributed by atoms with van der Waals surface area (Å²) in [6, 6.07) is 1.95. The van der Waals surface area contributed by atoms with Crippen LogP contribution in [0.5, 0.6) is 0 Å². The average molecular weight is 272 g/mol. The largest absolute Gasteiger partial charge is 0.402 e. The van der Waals surface area contributed by atoms with Crippen LogP contribution in [0.2, 0.25) is 0 Å². The van der Waals surface area contributed by atoms with Gasteiger partial charge in [-0.15, -0.1) is 5.10 Å². The molecular formula is C14H20N6. The molecule has 4 N–H and O–H groups in total. The van der Waals surface area contributed by atoms with E-state index < -0.39 is 0 Å². The molecule has 2 rings (SSSR count). The molecule has 20 heavy (non-hydrogen) atoms. The first-order valence-corrected chi connectivity index (χ1v) is 6.39. The Morgan fingerprint density at radius 2 is 2.25 bits per heavy atom. The summed E-state index contributed by atoms with van der Waals surface area (Å²) in [6.45, 7) is 3.86. The predicted octanol–water partition coefficient (Wildman–Crippen LogP) is -0.871. The minimum absolute atomic E-state index is 0.709. The number of hydrogen-bond acceptors (Lipinski definition) is 6. The average Bonchev–Trinajstić information content (AvgIpc) is 2.75. The molecule has 1 aromatic heterocycles. The van der Waals surface area contributed by atoms with E-state index in [0.717, 1.165) is 27.7 Å². The van der Waals surface area contributed by atoms with Crippen LogP contribution >= 0.6 is 0 Å². The molecule has 0 atom stereocenters. The lowest BCUT2D eigenvalue weighted by Gasteiger charge is -2.14. The first kappa shape index (κ1) is 13.9. The minimum Gasteiger partial charge on any atom is -0.402 e. The number of hydrazine groups is 1. The summed E-state index contributed by atoms with van der Waals surface area (Å²) in [5.74, 6) is 0. The fourth-order valence-corrected chi connectivity index (χ4v) is 2.14. The minimum atomic E-state index is 0.709. The third-order valence-corrected chi connectivity index (χ3v) is 2.95. The molecular weight excluding hydrogens is 252 g/mol. The Morgan fingerprint density at radius 3 is 2.80 bits per heavy atom. The highest BCUT2D eigenvalue weighted by molar-refractivity contribution is 5.61. The van der Waals surface area contributed by atoms with Gasteiger partial charge in [-0.3, -0.25) is 5.01 Å². The van der Waals surface area contributed by atoms with Crippen LogP contribution in [0.15, 0.2) is 35.8 Å². The summed E-state index contributed by atoms with van der Waals surface area (Å²) < 4.78 is 0. The van der Waals surface area contributed by atoms with Crippen LogP contribution in [0, 0.1) is 0 Å². The van der Waals surface area contributed by atoms with Crippen molar-refractivity contribution in [2.45, 2.75) is 13.8 Å². The molecule has 0 bridgehead atoms. The SMILES string of the molecule is CNC(C=C(C)N)=c1nnccc1=C1C=C(C)NN1C. The maximum absolute atomic E-state index is 5.77. The number of nitrogens with two attached hydrogens (primary N) is 1. The van der Waals surface area contributed by atoms with Gasteiger partial charge < -0.3 is 16.5 Å². The van der Waals surface area contributed by atoms with Gasteiger partial charge in [-0.1, -0.05) is 0 Å². The molecule has 0 aliphatic carbocycles. The van der Waals surface area contributed by atoms with Gasteiger partial charge in [0.05, 0.1) is 17.6 Å². The van der Waals surface area contributed by atoms with Crippen LogP contribution in [0.1, 0.15) is 13.8 Å². The van der Waals surface area contributed by atoms with Crippen LogP contribution in [0.3, 0.4) is 0 Å². The third kappa shape index (κ3) is 2.74. The first-order chi connectivity index (χ1) is 9.52. The highest BCUT2D eigenvalue weighted by Crippen LogP contribution is 2.10. The molecule has 0 saturated heterocycles. The Kier molecular flexibility index (Phi) is 3.93. The monoisotopic (exact) mass is 272 g/mol. The van der Waals surface area contributed by atoms with Crippen LogP contribution in [-0.4, -0.2) is 29.3 Å². The maximum Gasteiger partial charge on any atom is 0.118 e. The highest BCUT2D eigenvalue weighted by atomic mass is 15.5. The zero-order valence-corrected chi connectivity index (χ0v) is 12.2. The van der Waals surface area contributed by atoms with Gasteiger partial charge in [-0.25, -0.2) is 0 Å². The van der Waals surface area contributed by atoms with Crippen molar-refractivity contribution >= 4 is 11.4 Å². The van der Waals surface area contributed by atoms with Crippen LogP contribution in [0.25, 0.3) is 11.4 Å². The molecule has 0 spiro atoms. The predicted molar refractivity (Wildman–Crippen MR) is 79.8 cm³/mol. The van der Waals surface area contributed by atoms with Crippen molar-refractivity contribution in [3.63, 3.8) is 0 Å². The Balaban J connectivity index is 2.85. The lowest BCUT2D eigenvalue weighted by molar-refractivity contribution is 0.412. The number of aromatic nitrogens is 2. The molecule has 0 saturated carbocycles. The molecule has 0 aromatic carbocycles. The Bertz CT molecular complexity index is 682.